The third-order valence-corrected chi connectivity index (χ3v) is 4.38. The van der Waals surface area contributed by atoms with Crippen LogP contribution in [-0.4, -0.2) is 47.7 Å². The Labute approximate surface area is 183 Å². The Morgan fingerprint density at radius 2 is 1.85 bits per heavy atom. The zero-order valence-electron chi connectivity index (χ0n) is 16.7. The number of nitrogens with one attached hydrogen (secondary N) is 2. The minimum Gasteiger partial charge on any atom is -0.373 e. The molecular weight excluding hydrogens is 441 g/mol. The number of alkyl halides is 3. The number of aromatic nitrogens is 7. The van der Waals surface area contributed by atoms with Gasteiger partial charge in [-0.05, 0) is 18.2 Å². The van der Waals surface area contributed by atoms with Crippen LogP contribution in [0.15, 0.2) is 49.2 Å². The molecule has 33 heavy (non-hydrogen) atoms. The molecule has 0 aliphatic heterocycles. The summed E-state index contributed by atoms with van der Waals surface area (Å²) < 4.78 is 42.2. The van der Waals surface area contributed by atoms with E-state index < -0.39 is 23.3 Å². The van der Waals surface area contributed by atoms with Gasteiger partial charge in [-0.25, -0.2) is 14.6 Å². The van der Waals surface area contributed by atoms with E-state index in [4.69, 9.17) is 0 Å². The summed E-state index contributed by atoms with van der Waals surface area (Å²) in [6, 6.07) is 5.99. The Kier molecular flexibility index (Phi) is 5.44. The first kappa shape index (κ1) is 21.4. The van der Waals surface area contributed by atoms with Crippen molar-refractivity contribution in [3.63, 3.8) is 0 Å². The Balaban J connectivity index is 1.67. The standard InChI is InChI=1S/C19H13F3N10O/c1-24-15-3-2-13(9-25-15)31-16(19(20,21)22)14(10-29-31)18(33)30-12-6-11(7-23)17(26-8-12)32-27-4-5-28-32/h2-6,8-10H,1H3,(H,24,25)(H,30,33). The molecule has 0 radical (unpaired) electrons. The number of hydrogen-bond acceptors (Lipinski definition) is 8. The molecule has 166 valence electrons. The van der Waals surface area contributed by atoms with Crippen molar-refractivity contribution in [2.75, 3.05) is 17.7 Å². The molecule has 0 saturated heterocycles. The first-order valence-electron chi connectivity index (χ1n) is 9.19. The van der Waals surface area contributed by atoms with Gasteiger partial charge in [0.15, 0.2) is 11.5 Å². The van der Waals surface area contributed by atoms with Crippen molar-refractivity contribution in [1.29, 1.82) is 5.26 Å². The molecule has 0 unspecified atom stereocenters. The smallest absolute Gasteiger partial charge is 0.373 e. The monoisotopic (exact) mass is 454 g/mol. The fraction of sp³-hybridized carbons (Fsp3) is 0.105. The van der Waals surface area contributed by atoms with Gasteiger partial charge in [0, 0.05) is 7.05 Å². The van der Waals surface area contributed by atoms with E-state index in [0.29, 0.717) is 10.5 Å². The summed E-state index contributed by atoms with van der Waals surface area (Å²) in [4.78, 5) is 21.8. The van der Waals surface area contributed by atoms with Crippen LogP contribution < -0.4 is 10.6 Å². The lowest BCUT2D eigenvalue weighted by Crippen LogP contribution is -2.21. The molecule has 14 heteroatoms. The zero-order chi connectivity index (χ0) is 23.6. The Morgan fingerprint density at radius 3 is 2.45 bits per heavy atom. The second kappa shape index (κ2) is 8.38. The molecule has 4 aromatic heterocycles. The van der Waals surface area contributed by atoms with Gasteiger partial charge in [-0.15, -0.1) is 4.80 Å². The first-order chi connectivity index (χ1) is 15.8. The predicted octanol–water partition coefficient (Wildman–Crippen LogP) is 2.43. The van der Waals surface area contributed by atoms with Crippen molar-refractivity contribution in [1.82, 2.24) is 34.7 Å². The lowest BCUT2D eigenvalue weighted by Gasteiger charge is -2.13. The van der Waals surface area contributed by atoms with Gasteiger partial charge in [0.25, 0.3) is 5.91 Å². The van der Waals surface area contributed by atoms with Crippen molar-refractivity contribution in [3.05, 3.63) is 66.0 Å². The van der Waals surface area contributed by atoms with Gasteiger partial charge in [-0.3, -0.25) is 4.79 Å². The summed E-state index contributed by atoms with van der Waals surface area (Å²) in [6.45, 7) is 0. The van der Waals surface area contributed by atoms with Gasteiger partial charge in [0.2, 0.25) is 0 Å². The molecule has 11 nitrogen and oxygen atoms in total. The van der Waals surface area contributed by atoms with E-state index in [-0.39, 0.29) is 22.8 Å². The molecule has 4 heterocycles. The number of halogens is 3. The number of nitrogens with zero attached hydrogens (tertiary/aromatic N) is 8. The van der Waals surface area contributed by atoms with E-state index in [0.717, 1.165) is 11.0 Å². The highest BCUT2D eigenvalue weighted by Crippen LogP contribution is 2.34. The predicted molar refractivity (Wildman–Crippen MR) is 108 cm³/mol. The Hall–Kier alpha value is -4.80. The maximum absolute atomic E-state index is 13.9. The van der Waals surface area contributed by atoms with Crippen LogP contribution in [0.1, 0.15) is 21.6 Å². The van der Waals surface area contributed by atoms with Crippen LogP contribution >= 0.6 is 0 Å². The van der Waals surface area contributed by atoms with Crippen LogP contribution in [0.5, 0.6) is 0 Å². The maximum atomic E-state index is 13.9. The van der Waals surface area contributed by atoms with Crippen molar-refractivity contribution in [2.45, 2.75) is 6.18 Å². The van der Waals surface area contributed by atoms with Gasteiger partial charge in [0.1, 0.15) is 17.5 Å². The van der Waals surface area contributed by atoms with Gasteiger partial charge in [-0.1, -0.05) is 0 Å². The highest BCUT2D eigenvalue weighted by molar-refractivity contribution is 6.05. The second-order valence-corrected chi connectivity index (χ2v) is 6.45. The molecule has 0 aliphatic rings. The quantitative estimate of drug-likeness (QED) is 0.469. The largest absolute Gasteiger partial charge is 0.434 e. The fourth-order valence-corrected chi connectivity index (χ4v) is 2.93. The molecule has 0 spiro atoms. The van der Waals surface area contributed by atoms with Crippen LogP contribution in [0.2, 0.25) is 0 Å². The fourth-order valence-electron chi connectivity index (χ4n) is 2.93. The molecule has 0 saturated carbocycles. The van der Waals surface area contributed by atoms with Gasteiger partial charge < -0.3 is 10.6 Å². The average Bonchev–Trinajstić information content (AvgIpc) is 3.49. The highest BCUT2D eigenvalue weighted by atomic mass is 19.4. The van der Waals surface area contributed by atoms with Crippen LogP contribution in [-0.2, 0) is 6.18 Å². The number of nitriles is 1. The number of hydrogen-bond donors (Lipinski definition) is 2. The minimum atomic E-state index is -4.89. The highest BCUT2D eigenvalue weighted by Gasteiger charge is 2.40. The van der Waals surface area contributed by atoms with Crippen LogP contribution in [0.4, 0.5) is 24.7 Å². The third-order valence-electron chi connectivity index (χ3n) is 4.38. The van der Waals surface area contributed by atoms with Crippen molar-refractivity contribution in [2.24, 2.45) is 0 Å². The molecular formula is C19H13F3N10O. The van der Waals surface area contributed by atoms with Gasteiger partial charge in [0.05, 0.1) is 47.9 Å². The molecule has 4 aromatic rings. The molecule has 0 atom stereocenters. The molecule has 4 rings (SSSR count). The number of pyridine rings is 2. The van der Waals surface area contributed by atoms with Crippen molar-refractivity contribution < 1.29 is 18.0 Å². The third kappa shape index (κ3) is 4.19. The number of amides is 1. The van der Waals surface area contributed by atoms with E-state index in [1.807, 2.05) is 6.07 Å². The normalized spacial score (nSPS) is 11.1. The summed E-state index contributed by atoms with van der Waals surface area (Å²) >= 11 is 0. The number of anilines is 2. The van der Waals surface area contributed by atoms with Gasteiger partial charge in [-0.2, -0.15) is 33.7 Å². The maximum Gasteiger partial charge on any atom is 0.434 e. The number of carbonyl (C=O) groups is 1. The Bertz CT molecular complexity index is 1340. The summed E-state index contributed by atoms with van der Waals surface area (Å²) in [5.41, 5.74) is -1.95. The molecule has 2 N–H and O–H groups in total. The van der Waals surface area contributed by atoms with Crippen LogP contribution in [0.3, 0.4) is 0 Å². The minimum absolute atomic E-state index is 0.00596. The molecule has 0 aromatic carbocycles. The van der Waals surface area contributed by atoms with Crippen LogP contribution in [0.25, 0.3) is 11.5 Å². The zero-order valence-corrected chi connectivity index (χ0v) is 16.7. The van der Waals surface area contributed by atoms with E-state index in [1.165, 1.54) is 43.0 Å². The van der Waals surface area contributed by atoms with Crippen molar-refractivity contribution in [3.8, 4) is 17.6 Å². The van der Waals surface area contributed by atoms with E-state index in [9.17, 15) is 23.2 Å². The molecule has 0 fully saturated rings. The van der Waals surface area contributed by atoms with E-state index >= 15 is 0 Å². The Morgan fingerprint density at radius 1 is 1.09 bits per heavy atom. The second-order valence-electron chi connectivity index (χ2n) is 6.45. The lowest BCUT2D eigenvalue weighted by molar-refractivity contribution is -0.143. The lowest BCUT2D eigenvalue weighted by atomic mass is 10.2. The summed E-state index contributed by atoms with van der Waals surface area (Å²) in [6.07, 6.45) is 1.06. The molecule has 0 bridgehead atoms. The SMILES string of the molecule is CNc1ccc(-n2ncc(C(=O)Nc3cnc(-n4nccn4)c(C#N)c3)c2C(F)(F)F)cn1. The average molecular weight is 454 g/mol. The topological polar surface area (TPSA) is 139 Å². The van der Waals surface area contributed by atoms with Crippen LogP contribution in [0, 0.1) is 11.3 Å². The first-order valence-corrected chi connectivity index (χ1v) is 9.19. The molecule has 1 amide bonds. The number of carbonyl (C=O) groups excluding carboxylic acids is 1. The van der Waals surface area contributed by atoms with E-state index in [2.05, 4.69) is 35.9 Å². The molecule has 0 aliphatic carbocycles. The summed E-state index contributed by atoms with van der Waals surface area (Å²) in [7, 11) is 1.62. The summed E-state index contributed by atoms with van der Waals surface area (Å²) in [5, 5.41) is 25.9. The number of rotatable bonds is 5. The summed E-state index contributed by atoms with van der Waals surface area (Å²) in [5.74, 6) is -0.530. The van der Waals surface area contributed by atoms with Crippen molar-refractivity contribution >= 4 is 17.4 Å². The van der Waals surface area contributed by atoms with Gasteiger partial charge >= 0.3 is 6.18 Å². The van der Waals surface area contributed by atoms with E-state index in [1.54, 1.807) is 7.05 Å².